The van der Waals surface area contributed by atoms with E-state index in [9.17, 15) is 8.42 Å². The van der Waals surface area contributed by atoms with E-state index in [1.807, 2.05) is 0 Å². The van der Waals surface area contributed by atoms with E-state index in [1.54, 1.807) is 0 Å². The number of hydrogen-bond donors (Lipinski definition) is 1. The highest BCUT2D eigenvalue weighted by Crippen LogP contribution is 2.17. The average molecular weight is 204 g/mol. The van der Waals surface area contributed by atoms with Crippen LogP contribution in [0, 0.1) is 0 Å². The first-order valence-electron chi connectivity index (χ1n) is 4.82. The van der Waals surface area contributed by atoms with Crippen molar-refractivity contribution in [1.82, 2.24) is 10.2 Å². The quantitative estimate of drug-likeness (QED) is 0.600. The standard InChI is InChI=1S/C8H16N2O2S/c11-13(12)6-1-8(7-13)10-4-2-9-3-5-10/h8-9H,1-7H2. The van der Waals surface area contributed by atoms with E-state index in [0.29, 0.717) is 17.5 Å². The van der Waals surface area contributed by atoms with Gasteiger partial charge in [0.15, 0.2) is 9.84 Å². The molecule has 0 aromatic rings. The fourth-order valence-electron chi connectivity index (χ4n) is 2.11. The Hall–Kier alpha value is -0.130. The zero-order chi connectivity index (χ0) is 9.31. The summed E-state index contributed by atoms with van der Waals surface area (Å²) in [5.41, 5.74) is 0. The van der Waals surface area contributed by atoms with Gasteiger partial charge in [0.25, 0.3) is 0 Å². The lowest BCUT2D eigenvalue weighted by atomic mass is 10.2. The Bertz CT molecular complexity index is 270. The molecule has 2 heterocycles. The van der Waals surface area contributed by atoms with E-state index in [-0.39, 0.29) is 0 Å². The SMILES string of the molecule is O=S1(=O)CCC(N2CCNCC2)C1. The van der Waals surface area contributed by atoms with Crippen LogP contribution in [0.1, 0.15) is 6.42 Å². The molecule has 76 valence electrons. The zero-order valence-corrected chi connectivity index (χ0v) is 8.52. The molecule has 0 aromatic carbocycles. The summed E-state index contributed by atoms with van der Waals surface area (Å²) in [6.07, 6.45) is 0.836. The van der Waals surface area contributed by atoms with E-state index < -0.39 is 9.84 Å². The Morgan fingerprint density at radius 2 is 1.92 bits per heavy atom. The van der Waals surface area contributed by atoms with Crippen LogP contribution >= 0.6 is 0 Å². The molecule has 2 rings (SSSR count). The van der Waals surface area contributed by atoms with E-state index in [2.05, 4.69) is 10.2 Å². The molecule has 2 aliphatic rings. The molecule has 0 aromatic heterocycles. The molecule has 0 aliphatic carbocycles. The summed E-state index contributed by atoms with van der Waals surface area (Å²) in [4.78, 5) is 2.31. The third-order valence-electron chi connectivity index (χ3n) is 2.88. The van der Waals surface area contributed by atoms with Gasteiger partial charge in [-0.25, -0.2) is 8.42 Å². The number of nitrogens with zero attached hydrogens (tertiary/aromatic N) is 1. The molecule has 0 radical (unpaired) electrons. The molecule has 2 saturated heterocycles. The number of nitrogens with one attached hydrogen (secondary N) is 1. The van der Waals surface area contributed by atoms with E-state index in [1.165, 1.54) is 0 Å². The van der Waals surface area contributed by atoms with Crippen molar-refractivity contribution in [3.63, 3.8) is 0 Å². The molecule has 2 aliphatic heterocycles. The van der Waals surface area contributed by atoms with Crippen LogP contribution in [-0.2, 0) is 9.84 Å². The van der Waals surface area contributed by atoms with Gasteiger partial charge < -0.3 is 5.32 Å². The minimum Gasteiger partial charge on any atom is -0.314 e. The van der Waals surface area contributed by atoms with Crippen molar-refractivity contribution in [2.24, 2.45) is 0 Å². The van der Waals surface area contributed by atoms with Crippen molar-refractivity contribution in [3.8, 4) is 0 Å². The molecule has 5 heteroatoms. The van der Waals surface area contributed by atoms with Gasteiger partial charge in [0.05, 0.1) is 11.5 Å². The fraction of sp³-hybridized carbons (Fsp3) is 1.00. The number of rotatable bonds is 1. The molecule has 4 nitrogen and oxygen atoms in total. The summed E-state index contributed by atoms with van der Waals surface area (Å²) in [7, 11) is -2.71. The van der Waals surface area contributed by atoms with Crippen molar-refractivity contribution in [1.29, 1.82) is 0 Å². The Morgan fingerprint density at radius 1 is 1.23 bits per heavy atom. The van der Waals surface area contributed by atoms with Crippen LogP contribution in [0.15, 0.2) is 0 Å². The van der Waals surface area contributed by atoms with Crippen LogP contribution in [0.25, 0.3) is 0 Å². The molecule has 1 atom stereocenters. The molecule has 13 heavy (non-hydrogen) atoms. The van der Waals surface area contributed by atoms with Gasteiger partial charge in [-0.05, 0) is 6.42 Å². The lowest BCUT2D eigenvalue weighted by Gasteiger charge is -2.31. The number of sulfone groups is 1. The van der Waals surface area contributed by atoms with Crippen LogP contribution in [0.5, 0.6) is 0 Å². The lowest BCUT2D eigenvalue weighted by Crippen LogP contribution is -2.48. The van der Waals surface area contributed by atoms with E-state index >= 15 is 0 Å². The first-order chi connectivity index (χ1) is 6.17. The first-order valence-corrected chi connectivity index (χ1v) is 6.65. The van der Waals surface area contributed by atoms with Gasteiger partial charge in [0.2, 0.25) is 0 Å². The Balaban J connectivity index is 1.95. The highest BCUT2D eigenvalue weighted by atomic mass is 32.2. The normalized spacial score (nSPS) is 34.9. The predicted molar refractivity (Wildman–Crippen MR) is 51.5 cm³/mol. The predicted octanol–water partition coefficient (Wildman–Crippen LogP) is -0.921. The van der Waals surface area contributed by atoms with Gasteiger partial charge >= 0.3 is 0 Å². The minimum absolute atomic E-state index is 0.298. The van der Waals surface area contributed by atoms with Crippen LogP contribution in [0.3, 0.4) is 0 Å². The molecule has 0 spiro atoms. The Kier molecular flexibility index (Phi) is 2.58. The largest absolute Gasteiger partial charge is 0.314 e. The molecular weight excluding hydrogens is 188 g/mol. The topological polar surface area (TPSA) is 49.4 Å². The maximum Gasteiger partial charge on any atom is 0.151 e. The Labute approximate surface area is 79.2 Å². The van der Waals surface area contributed by atoms with Gasteiger partial charge in [-0.3, -0.25) is 4.90 Å². The fourth-order valence-corrected chi connectivity index (χ4v) is 3.87. The highest BCUT2D eigenvalue weighted by molar-refractivity contribution is 7.91. The molecule has 0 bridgehead atoms. The number of piperazine rings is 1. The minimum atomic E-state index is -2.71. The summed E-state index contributed by atoms with van der Waals surface area (Å²) in [6, 6.07) is 0.298. The highest BCUT2D eigenvalue weighted by Gasteiger charge is 2.32. The molecular formula is C8H16N2O2S. The van der Waals surface area contributed by atoms with Crippen LogP contribution in [0.4, 0.5) is 0 Å². The molecule has 0 saturated carbocycles. The van der Waals surface area contributed by atoms with Gasteiger partial charge in [-0.1, -0.05) is 0 Å². The average Bonchev–Trinajstić information content (AvgIpc) is 2.48. The van der Waals surface area contributed by atoms with Crippen molar-refractivity contribution in [2.75, 3.05) is 37.7 Å². The monoisotopic (exact) mass is 204 g/mol. The second-order valence-corrected chi connectivity index (χ2v) is 6.07. The molecule has 0 amide bonds. The van der Waals surface area contributed by atoms with Gasteiger partial charge in [-0.15, -0.1) is 0 Å². The first kappa shape index (κ1) is 9.43. The van der Waals surface area contributed by atoms with Crippen LogP contribution in [-0.4, -0.2) is 57.0 Å². The second kappa shape index (κ2) is 3.55. The van der Waals surface area contributed by atoms with Gasteiger partial charge in [-0.2, -0.15) is 0 Å². The second-order valence-electron chi connectivity index (χ2n) is 3.84. The summed E-state index contributed by atoms with van der Waals surface area (Å²) < 4.78 is 22.5. The Morgan fingerprint density at radius 3 is 2.46 bits per heavy atom. The number of hydrogen-bond acceptors (Lipinski definition) is 4. The van der Waals surface area contributed by atoms with Crippen molar-refractivity contribution in [2.45, 2.75) is 12.5 Å². The van der Waals surface area contributed by atoms with Gasteiger partial charge in [0.1, 0.15) is 0 Å². The summed E-state index contributed by atoms with van der Waals surface area (Å²) in [5.74, 6) is 0.772. The summed E-state index contributed by atoms with van der Waals surface area (Å²) >= 11 is 0. The maximum atomic E-state index is 11.2. The van der Waals surface area contributed by atoms with Crippen molar-refractivity contribution in [3.05, 3.63) is 0 Å². The molecule has 2 fully saturated rings. The third-order valence-corrected chi connectivity index (χ3v) is 4.63. The van der Waals surface area contributed by atoms with Crippen molar-refractivity contribution < 1.29 is 8.42 Å². The summed E-state index contributed by atoms with van der Waals surface area (Å²) in [5, 5.41) is 3.27. The van der Waals surface area contributed by atoms with E-state index in [4.69, 9.17) is 0 Å². The summed E-state index contributed by atoms with van der Waals surface area (Å²) in [6.45, 7) is 3.99. The molecule has 1 unspecified atom stereocenters. The smallest absolute Gasteiger partial charge is 0.151 e. The third kappa shape index (κ3) is 2.21. The van der Waals surface area contributed by atoms with E-state index in [0.717, 1.165) is 32.6 Å². The molecule has 1 N–H and O–H groups in total. The van der Waals surface area contributed by atoms with Crippen molar-refractivity contribution >= 4 is 9.84 Å². The lowest BCUT2D eigenvalue weighted by molar-refractivity contribution is 0.187. The van der Waals surface area contributed by atoms with Gasteiger partial charge in [0, 0.05) is 32.2 Å². The zero-order valence-electron chi connectivity index (χ0n) is 7.70. The van der Waals surface area contributed by atoms with Crippen LogP contribution in [0.2, 0.25) is 0 Å². The maximum absolute atomic E-state index is 11.2. The van der Waals surface area contributed by atoms with Crippen LogP contribution < -0.4 is 5.32 Å².